The van der Waals surface area contributed by atoms with Crippen molar-refractivity contribution in [1.82, 2.24) is 24.1 Å². The number of para-hydroxylation sites is 2. The molecule has 0 amide bonds. The molecule has 0 bridgehead atoms. The third kappa shape index (κ3) is 6.28. The summed E-state index contributed by atoms with van der Waals surface area (Å²) < 4.78 is 4.68. The number of hydrogen-bond acceptors (Lipinski definition) is 3. The number of fused-ring (bicyclic) bond motifs is 8. The highest BCUT2D eigenvalue weighted by molar-refractivity contribution is 6.23. The Morgan fingerprint density at radius 2 is 0.697 bits per heavy atom. The molecule has 66 heavy (non-hydrogen) atoms. The zero-order valence-corrected chi connectivity index (χ0v) is 35.8. The standard InChI is InChI=1S/C61H39N5/c1-3-15-40(16-4-1)43-31-33-50(34-32-43)65-55-27-11-9-25-51(55)53-35-36-54-52-26-10-12-28-56(52)66(58(54)57(53)65)61-63-59(48-23-13-21-45(38-48)41-17-5-2-6-18-41)62-60(64-61)49-24-14-22-46(39-49)47-30-29-42-19-7-8-20-44(42)37-47/h1-39H. The van der Waals surface area contributed by atoms with E-state index in [1.54, 1.807) is 0 Å². The van der Waals surface area contributed by atoms with Gasteiger partial charge < -0.3 is 4.57 Å². The minimum Gasteiger partial charge on any atom is -0.307 e. The van der Waals surface area contributed by atoms with Crippen LogP contribution in [0.25, 0.3) is 122 Å². The predicted octanol–water partition coefficient (Wildman–Crippen LogP) is 15.6. The van der Waals surface area contributed by atoms with Crippen molar-refractivity contribution in [3.63, 3.8) is 0 Å². The van der Waals surface area contributed by atoms with E-state index in [-0.39, 0.29) is 0 Å². The van der Waals surface area contributed by atoms with E-state index in [1.165, 1.54) is 27.3 Å². The highest BCUT2D eigenvalue weighted by atomic mass is 15.2. The van der Waals surface area contributed by atoms with Crippen molar-refractivity contribution in [1.29, 1.82) is 0 Å². The van der Waals surface area contributed by atoms with Gasteiger partial charge in [0.05, 0.1) is 22.1 Å². The molecule has 0 fully saturated rings. The first-order valence-corrected chi connectivity index (χ1v) is 22.3. The first-order chi connectivity index (χ1) is 32.7. The van der Waals surface area contributed by atoms with Crippen molar-refractivity contribution in [2.45, 2.75) is 0 Å². The van der Waals surface area contributed by atoms with Crippen molar-refractivity contribution in [3.8, 4) is 67.8 Å². The molecule has 0 radical (unpaired) electrons. The minimum absolute atomic E-state index is 0.547. The van der Waals surface area contributed by atoms with Gasteiger partial charge in [-0.05, 0) is 86.6 Å². The van der Waals surface area contributed by atoms with Crippen LogP contribution in [0, 0.1) is 0 Å². The van der Waals surface area contributed by atoms with Crippen LogP contribution in [-0.2, 0) is 0 Å². The average Bonchev–Trinajstić information content (AvgIpc) is 3.92. The van der Waals surface area contributed by atoms with Crippen LogP contribution < -0.4 is 0 Å². The van der Waals surface area contributed by atoms with Gasteiger partial charge in [-0.2, -0.15) is 9.97 Å². The van der Waals surface area contributed by atoms with Gasteiger partial charge in [-0.1, -0.05) is 194 Å². The van der Waals surface area contributed by atoms with Crippen molar-refractivity contribution in [2.24, 2.45) is 0 Å². The average molecular weight is 842 g/mol. The van der Waals surface area contributed by atoms with Gasteiger partial charge in [-0.25, -0.2) is 4.98 Å². The molecule has 0 saturated heterocycles. The van der Waals surface area contributed by atoms with Gasteiger partial charge in [0.15, 0.2) is 11.6 Å². The molecule has 0 N–H and O–H groups in total. The Labute approximate surface area is 381 Å². The topological polar surface area (TPSA) is 48.5 Å². The molecule has 10 aromatic carbocycles. The number of benzene rings is 10. The van der Waals surface area contributed by atoms with Gasteiger partial charge in [0.2, 0.25) is 5.95 Å². The largest absolute Gasteiger partial charge is 0.307 e. The summed E-state index contributed by atoms with van der Waals surface area (Å²) in [5, 5.41) is 6.99. The quantitative estimate of drug-likeness (QED) is 0.161. The zero-order chi connectivity index (χ0) is 43.6. The number of nitrogens with zero attached hydrogens (tertiary/aromatic N) is 5. The molecule has 0 spiro atoms. The Balaban J connectivity index is 1.08. The Bertz CT molecular complexity index is 3980. The van der Waals surface area contributed by atoms with Crippen LogP contribution in [0.2, 0.25) is 0 Å². The summed E-state index contributed by atoms with van der Waals surface area (Å²) in [6.45, 7) is 0. The van der Waals surface area contributed by atoms with E-state index in [0.29, 0.717) is 17.6 Å². The van der Waals surface area contributed by atoms with Crippen LogP contribution in [0.3, 0.4) is 0 Å². The molecule has 5 heteroatoms. The van der Waals surface area contributed by atoms with E-state index >= 15 is 0 Å². The lowest BCUT2D eigenvalue weighted by Gasteiger charge is -2.14. The number of aromatic nitrogens is 5. The summed E-state index contributed by atoms with van der Waals surface area (Å²) in [4.78, 5) is 16.3. The highest BCUT2D eigenvalue weighted by Crippen LogP contribution is 2.42. The molecule has 308 valence electrons. The SMILES string of the molecule is c1ccc(-c2ccc(-n3c4ccccc4c4ccc5c6ccccc6n(-c6nc(-c7cccc(-c8ccccc8)c7)nc(-c7cccc(-c8ccc9ccccc9c8)c7)n6)c5c43)cc2)cc1. The first-order valence-electron chi connectivity index (χ1n) is 22.3. The van der Waals surface area contributed by atoms with Gasteiger partial charge >= 0.3 is 0 Å². The Hall–Kier alpha value is -8.93. The maximum Gasteiger partial charge on any atom is 0.238 e. The van der Waals surface area contributed by atoms with Gasteiger partial charge in [0.25, 0.3) is 0 Å². The highest BCUT2D eigenvalue weighted by Gasteiger charge is 2.24. The molecule has 13 aromatic rings. The lowest BCUT2D eigenvalue weighted by Crippen LogP contribution is -2.07. The molecule has 0 saturated carbocycles. The molecule has 0 aliphatic carbocycles. The van der Waals surface area contributed by atoms with E-state index < -0.39 is 0 Å². The van der Waals surface area contributed by atoms with Crippen LogP contribution in [-0.4, -0.2) is 24.1 Å². The summed E-state index contributed by atoms with van der Waals surface area (Å²) in [5.74, 6) is 1.74. The second kappa shape index (κ2) is 15.4. The molecular weight excluding hydrogens is 803 g/mol. The fourth-order valence-electron chi connectivity index (χ4n) is 9.81. The van der Waals surface area contributed by atoms with Gasteiger partial charge in [-0.3, -0.25) is 4.57 Å². The Morgan fingerprint density at radius 1 is 0.258 bits per heavy atom. The zero-order valence-electron chi connectivity index (χ0n) is 35.8. The molecule has 0 aliphatic heterocycles. The maximum atomic E-state index is 5.48. The van der Waals surface area contributed by atoms with E-state index in [4.69, 9.17) is 15.0 Å². The minimum atomic E-state index is 0.547. The summed E-state index contributed by atoms with van der Waals surface area (Å²) in [6.07, 6.45) is 0. The summed E-state index contributed by atoms with van der Waals surface area (Å²) >= 11 is 0. The Kier molecular flexibility index (Phi) is 8.78. The van der Waals surface area contributed by atoms with Crippen molar-refractivity contribution in [3.05, 3.63) is 237 Å². The maximum absolute atomic E-state index is 5.48. The van der Waals surface area contributed by atoms with E-state index in [2.05, 4.69) is 240 Å². The fraction of sp³-hybridized carbons (Fsp3) is 0. The lowest BCUT2D eigenvalue weighted by atomic mass is 9.99. The second-order valence-electron chi connectivity index (χ2n) is 16.8. The van der Waals surface area contributed by atoms with Crippen LogP contribution >= 0.6 is 0 Å². The van der Waals surface area contributed by atoms with E-state index in [9.17, 15) is 0 Å². The molecule has 3 heterocycles. The number of rotatable bonds is 7. The van der Waals surface area contributed by atoms with Crippen molar-refractivity contribution in [2.75, 3.05) is 0 Å². The summed E-state index contributed by atoms with van der Waals surface area (Å²) in [7, 11) is 0. The first kappa shape index (κ1) is 37.6. The van der Waals surface area contributed by atoms with Crippen LogP contribution in [0.15, 0.2) is 237 Å². The van der Waals surface area contributed by atoms with Gasteiger partial charge in [0.1, 0.15) is 0 Å². The van der Waals surface area contributed by atoms with E-state index in [0.717, 1.165) is 77.3 Å². The molecule has 0 unspecified atom stereocenters. The smallest absolute Gasteiger partial charge is 0.238 e. The molecule has 5 nitrogen and oxygen atoms in total. The molecule has 13 rings (SSSR count). The second-order valence-corrected chi connectivity index (χ2v) is 16.8. The normalized spacial score (nSPS) is 11.6. The van der Waals surface area contributed by atoms with Gasteiger partial charge in [-0.15, -0.1) is 0 Å². The third-order valence-corrected chi connectivity index (χ3v) is 13.0. The fourth-order valence-corrected chi connectivity index (χ4v) is 9.81. The van der Waals surface area contributed by atoms with Crippen LogP contribution in [0.5, 0.6) is 0 Å². The summed E-state index contributed by atoms with van der Waals surface area (Å²) in [5.41, 5.74) is 14.0. The number of hydrogen-bond donors (Lipinski definition) is 0. The Morgan fingerprint density at radius 3 is 1.33 bits per heavy atom. The van der Waals surface area contributed by atoms with Gasteiger partial charge in [0, 0.05) is 38.4 Å². The molecule has 0 atom stereocenters. The monoisotopic (exact) mass is 841 g/mol. The van der Waals surface area contributed by atoms with Crippen molar-refractivity contribution >= 4 is 54.4 Å². The molecule has 0 aliphatic rings. The van der Waals surface area contributed by atoms with Crippen molar-refractivity contribution < 1.29 is 0 Å². The van der Waals surface area contributed by atoms with Crippen LogP contribution in [0.1, 0.15) is 0 Å². The lowest BCUT2D eigenvalue weighted by molar-refractivity contribution is 0.953. The molecule has 3 aromatic heterocycles. The molecular formula is C61H39N5. The van der Waals surface area contributed by atoms with E-state index in [1.807, 2.05) is 6.07 Å². The third-order valence-electron chi connectivity index (χ3n) is 13.0. The predicted molar refractivity (Wildman–Crippen MR) is 273 cm³/mol. The summed E-state index contributed by atoms with van der Waals surface area (Å²) in [6, 6.07) is 84.0. The van der Waals surface area contributed by atoms with Crippen LogP contribution in [0.4, 0.5) is 0 Å².